The number of methoxy groups -OCH3 is 1. The first kappa shape index (κ1) is 18.9. The third kappa shape index (κ3) is 4.56. The van der Waals surface area contributed by atoms with Gasteiger partial charge in [0.15, 0.2) is 17.8 Å². The first-order chi connectivity index (χ1) is 12.5. The van der Waals surface area contributed by atoms with Crippen LogP contribution < -0.4 is 9.47 Å². The van der Waals surface area contributed by atoms with Crippen LogP contribution in [0.3, 0.4) is 0 Å². The highest BCUT2D eigenvalue weighted by atomic mass is 16.6. The van der Waals surface area contributed by atoms with E-state index in [1.807, 2.05) is 0 Å². The second-order valence-electron chi connectivity index (χ2n) is 5.17. The predicted molar refractivity (Wildman–Crippen MR) is 91.9 cm³/mol. The molecule has 0 heterocycles. The zero-order valence-electron chi connectivity index (χ0n) is 14.3. The van der Waals surface area contributed by atoms with Crippen molar-refractivity contribution in [2.45, 2.75) is 13.3 Å². The average Bonchev–Trinajstić information content (AvgIpc) is 2.62. The Hall–Kier alpha value is -3.42. The quantitative estimate of drug-likeness (QED) is 0.308. The number of carbonyl (C=O) groups excluding carboxylic acids is 2. The largest absolute Gasteiger partial charge is 0.493 e. The van der Waals surface area contributed by atoms with E-state index in [0.717, 1.165) is 6.07 Å². The Morgan fingerprint density at radius 1 is 1.15 bits per heavy atom. The first-order valence-corrected chi connectivity index (χ1v) is 7.72. The highest BCUT2D eigenvalue weighted by Crippen LogP contribution is 2.34. The molecule has 136 valence electrons. The van der Waals surface area contributed by atoms with Gasteiger partial charge in [0.05, 0.1) is 30.6 Å². The van der Waals surface area contributed by atoms with E-state index in [-0.39, 0.29) is 41.7 Å². The predicted octanol–water partition coefficient (Wildman–Crippen LogP) is 3.31. The summed E-state index contributed by atoms with van der Waals surface area (Å²) in [6.07, 6.45) is 0.520. The molecule has 2 aromatic rings. The smallest absolute Gasteiger partial charge is 0.310 e. The van der Waals surface area contributed by atoms with Gasteiger partial charge in [-0.05, 0) is 30.7 Å². The molecular formula is C18H17NO7. The van der Waals surface area contributed by atoms with E-state index in [4.69, 9.17) is 14.2 Å². The molecule has 0 amide bonds. The van der Waals surface area contributed by atoms with Crippen LogP contribution in [0.1, 0.15) is 22.8 Å². The van der Waals surface area contributed by atoms with E-state index in [9.17, 15) is 19.7 Å². The van der Waals surface area contributed by atoms with Crippen LogP contribution in [0.15, 0.2) is 36.4 Å². The average molecular weight is 359 g/mol. The molecule has 0 fully saturated rings. The summed E-state index contributed by atoms with van der Waals surface area (Å²) >= 11 is 0. The number of hydrogen-bond donors (Lipinski definition) is 0. The van der Waals surface area contributed by atoms with Crippen LogP contribution in [-0.2, 0) is 16.0 Å². The van der Waals surface area contributed by atoms with Gasteiger partial charge in [-0.3, -0.25) is 19.7 Å². The van der Waals surface area contributed by atoms with Gasteiger partial charge in [-0.2, -0.15) is 0 Å². The lowest BCUT2D eigenvalue weighted by atomic mass is 10.1. The standard InChI is InChI=1S/C18H17NO7/c1-3-25-18(21)9-12-4-6-16(24-2)17(8-12)26-15-7-5-14(19(22)23)10-13(15)11-20/h4-8,10-11H,3,9H2,1-2H3. The van der Waals surface area contributed by atoms with E-state index in [0.29, 0.717) is 17.6 Å². The third-order valence-corrected chi connectivity index (χ3v) is 3.43. The Morgan fingerprint density at radius 2 is 1.88 bits per heavy atom. The molecule has 0 saturated heterocycles. The normalized spacial score (nSPS) is 10.1. The van der Waals surface area contributed by atoms with Crippen LogP contribution in [0, 0.1) is 10.1 Å². The molecule has 0 atom stereocenters. The number of aldehydes is 1. The maximum absolute atomic E-state index is 11.6. The molecule has 0 aliphatic carbocycles. The second kappa shape index (κ2) is 8.61. The minimum absolute atomic E-state index is 0.0250. The number of nitro groups is 1. The number of carbonyl (C=O) groups is 2. The molecule has 0 unspecified atom stereocenters. The minimum atomic E-state index is -0.600. The Labute approximate surface area is 149 Å². The molecule has 2 rings (SSSR count). The number of ether oxygens (including phenoxy) is 3. The van der Waals surface area contributed by atoms with Crippen LogP contribution in [0.25, 0.3) is 0 Å². The van der Waals surface area contributed by atoms with Gasteiger partial charge >= 0.3 is 5.97 Å². The highest BCUT2D eigenvalue weighted by Gasteiger charge is 2.15. The van der Waals surface area contributed by atoms with Crippen molar-refractivity contribution in [3.63, 3.8) is 0 Å². The van der Waals surface area contributed by atoms with Crippen molar-refractivity contribution in [1.82, 2.24) is 0 Å². The van der Waals surface area contributed by atoms with Crippen molar-refractivity contribution < 1.29 is 28.7 Å². The summed E-state index contributed by atoms with van der Waals surface area (Å²) in [5.74, 6) is 0.406. The molecule has 0 aliphatic rings. The van der Waals surface area contributed by atoms with Crippen molar-refractivity contribution in [2.24, 2.45) is 0 Å². The minimum Gasteiger partial charge on any atom is -0.493 e. The van der Waals surface area contributed by atoms with Crippen molar-refractivity contribution >= 4 is 17.9 Å². The molecule has 0 saturated carbocycles. The number of rotatable bonds is 8. The van der Waals surface area contributed by atoms with E-state index in [2.05, 4.69) is 0 Å². The van der Waals surface area contributed by atoms with Crippen molar-refractivity contribution in [2.75, 3.05) is 13.7 Å². The fraction of sp³-hybridized carbons (Fsp3) is 0.222. The van der Waals surface area contributed by atoms with Gasteiger partial charge in [0.25, 0.3) is 5.69 Å². The molecule has 0 bridgehead atoms. The molecule has 0 aromatic heterocycles. The van der Waals surface area contributed by atoms with Crippen molar-refractivity contribution in [3.05, 3.63) is 57.6 Å². The second-order valence-corrected chi connectivity index (χ2v) is 5.17. The summed E-state index contributed by atoms with van der Waals surface area (Å²) in [5, 5.41) is 10.8. The fourth-order valence-electron chi connectivity index (χ4n) is 2.24. The highest BCUT2D eigenvalue weighted by molar-refractivity contribution is 5.81. The molecule has 0 N–H and O–H groups in total. The Kier molecular flexibility index (Phi) is 6.26. The van der Waals surface area contributed by atoms with Gasteiger partial charge in [-0.25, -0.2) is 0 Å². The van der Waals surface area contributed by atoms with E-state index < -0.39 is 4.92 Å². The zero-order chi connectivity index (χ0) is 19.1. The maximum Gasteiger partial charge on any atom is 0.310 e. The van der Waals surface area contributed by atoms with Crippen LogP contribution in [0.4, 0.5) is 5.69 Å². The van der Waals surface area contributed by atoms with E-state index in [1.165, 1.54) is 19.2 Å². The van der Waals surface area contributed by atoms with Gasteiger partial charge < -0.3 is 14.2 Å². The van der Waals surface area contributed by atoms with Crippen LogP contribution in [0.2, 0.25) is 0 Å². The summed E-state index contributed by atoms with van der Waals surface area (Å²) in [5.41, 5.74) is 0.438. The van der Waals surface area contributed by atoms with Gasteiger partial charge in [-0.15, -0.1) is 0 Å². The lowest BCUT2D eigenvalue weighted by Gasteiger charge is -2.13. The number of nitrogens with zero attached hydrogens (tertiary/aromatic N) is 1. The third-order valence-electron chi connectivity index (χ3n) is 3.43. The Bertz CT molecular complexity index is 832. The van der Waals surface area contributed by atoms with Crippen LogP contribution in [0.5, 0.6) is 17.2 Å². The zero-order valence-corrected chi connectivity index (χ0v) is 14.3. The van der Waals surface area contributed by atoms with Crippen molar-refractivity contribution in [1.29, 1.82) is 0 Å². The molecule has 8 nitrogen and oxygen atoms in total. The van der Waals surface area contributed by atoms with Crippen LogP contribution >= 0.6 is 0 Å². The maximum atomic E-state index is 11.6. The topological polar surface area (TPSA) is 105 Å². The lowest BCUT2D eigenvalue weighted by molar-refractivity contribution is -0.384. The first-order valence-electron chi connectivity index (χ1n) is 7.72. The summed E-state index contributed by atoms with van der Waals surface area (Å²) < 4.78 is 15.8. The molecule has 0 spiro atoms. The molecular weight excluding hydrogens is 342 g/mol. The molecule has 2 aromatic carbocycles. The Morgan fingerprint density at radius 3 is 2.50 bits per heavy atom. The summed E-state index contributed by atoms with van der Waals surface area (Å²) in [6.45, 7) is 2.00. The molecule has 0 radical (unpaired) electrons. The summed E-state index contributed by atoms with van der Waals surface area (Å²) in [6, 6.07) is 8.59. The summed E-state index contributed by atoms with van der Waals surface area (Å²) in [7, 11) is 1.45. The fourth-order valence-corrected chi connectivity index (χ4v) is 2.24. The SMILES string of the molecule is CCOC(=O)Cc1ccc(OC)c(Oc2ccc([N+](=O)[O-])cc2C=O)c1. The molecule has 8 heteroatoms. The molecule has 26 heavy (non-hydrogen) atoms. The number of non-ortho nitro benzene ring substituents is 1. The number of nitro benzene ring substituents is 1. The van der Waals surface area contributed by atoms with Crippen molar-refractivity contribution in [3.8, 4) is 17.2 Å². The number of benzene rings is 2. The molecule has 0 aliphatic heterocycles. The lowest BCUT2D eigenvalue weighted by Crippen LogP contribution is -2.07. The van der Waals surface area contributed by atoms with Crippen LogP contribution in [-0.4, -0.2) is 30.9 Å². The monoisotopic (exact) mass is 359 g/mol. The number of esters is 1. The van der Waals surface area contributed by atoms with Gasteiger partial charge in [0.2, 0.25) is 0 Å². The Balaban J connectivity index is 2.34. The number of hydrogen-bond acceptors (Lipinski definition) is 7. The van der Waals surface area contributed by atoms with Gasteiger partial charge in [-0.1, -0.05) is 6.07 Å². The van der Waals surface area contributed by atoms with E-state index >= 15 is 0 Å². The van der Waals surface area contributed by atoms with E-state index in [1.54, 1.807) is 25.1 Å². The van der Waals surface area contributed by atoms with Gasteiger partial charge in [0.1, 0.15) is 5.75 Å². The van der Waals surface area contributed by atoms with Gasteiger partial charge in [0, 0.05) is 12.1 Å². The summed E-state index contributed by atoms with van der Waals surface area (Å²) in [4.78, 5) is 33.1.